The Hall–Kier alpha value is -3.23. The van der Waals surface area contributed by atoms with E-state index < -0.39 is 11.7 Å². The molecule has 2 aliphatic heterocycles. The van der Waals surface area contributed by atoms with Gasteiger partial charge < -0.3 is 15.0 Å². The molecule has 3 aliphatic rings. The van der Waals surface area contributed by atoms with Crippen LogP contribution in [0.3, 0.4) is 0 Å². The number of nitrogens with zero attached hydrogens (tertiary/aromatic N) is 4. The molecule has 1 aliphatic carbocycles. The van der Waals surface area contributed by atoms with Crippen LogP contribution in [0.15, 0.2) is 48.8 Å². The summed E-state index contributed by atoms with van der Waals surface area (Å²) in [5.74, 6) is 1.14. The number of rotatable bonds is 6. The average molecular weight is 606 g/mol. The molecule has 1 amide bonds. The highest BCUT2D eigenvalue weighted by atomic mass is 35.5. The number of nitrogens with one attached hydrogen (secondary N) is 1. The van der Waals surface area contributed by atoms with Crippen molar-refractivity contribution in [3.8, 4) is 0 Å². The molecule has 1 spiro atoms. The lowest BCUT2D eigenvalue weighted by Gasteiger charge is -2.44. The molecule has 43 heavy (non-hydrogen) atoms. The van der Waals surface area contributed by atoms with E-state index in [0.717, 1.165) is 73.6 Å². The van der Waals surface area contributed by atoms with Crippen molar-refractivity contribution in [3.63, 3.8) is 0 Å². The van der Waals surface area contributed by atoms with Gasteiger partial charge in [0, 0.05) is 53.1 Å². The van der Waals surface area contributed by atoms with Gasteiger partial charge in [-0.1, -0.05) is 30.7 Å². The van der Waals surface area contributed by atoms with Gasteiger partial charge in [-0.25, -0.2) is 19.2 Å². The van der Waals surface area contributed by atoms with Crippen LogP contribution in [-0.2, 0) is 16.6 Å². The minimum atomic E-state index is -0.558. The molecule has 7 nitrogen and oxygen atoms in total. The van der Waals surface area contributed by atoms with E-state index >= 15 is 0 Å². The van der Waals surface area contributed by atoms with Crippen LogP contribution >= 0.6 is 11.6 Å². The monoisotopic (exact) mass is 605 g/mol. The summed E-state index contributed by atoms with van der Waals surface area (Å²) in [6.45, 7) is 10.7. The zero-order valence-corrected chi connectivity index (χ0v) is 26.3. The Morgan fingerprint density at radius 2 is 1.98 bits per heavy atom. The maximum absolute atomic E-state index is 14.9. The molecule has 9 heteroatoms. The Labute approximate surface area is 258 Å². The van der Waals surface area contributed by atoms with Crippen molar-refractivity contribution < 1.29 is 13.9 Å². The topological polar surface area (TPSA) is 70.6 Å². The van der Waals surface area contributed by atoms with Crippen molar-refractivity contribution in [1.29, 1.82) is 0 Å². The van der Waals surface area contributed by atoms with Crippen molar-refractivity contribution in [2.45, 2.75) is 82.8 Å². The molecule has 6 rings (SSSR count). The number of amides is 1. The van der Waals surface area contributed by atoms with Gasteiger partial charge in [-0.3, -0.25) is 4.90 Å². The van der Waals surface area contributed by atoms with E-state index in [2.05, 4.69) is 39.2 Å². The molecule has 1 saturated heterocycles. The summed E-state index contributed by atoms with van der Waals surface area (Å²) in [5.41, 5.74) is 4.78. The van der Waals surface area contributed by atoms with E-state index in [1.165, 1.54) is 5.56 Å². The molecule has 1 aromatic heterocycles. The summed E-state index contributed by atoms with van der Waals surface area (Å²) in [6.07, 6.45) is 5.95. The molecule has 0 radical (unpaired) electrons. The van der Waals surface area contributed by atoms with Crippen molar-refractivity contribution in [2.24, 2.45) is 0 Å². The molecule has 1 N–H and O–H groups in total. The number of aromatic nitrogens is 2. The first-order chi connectivity index (χ1) is 20.5. The van der Waals surface area contributed by atoms with Gasteiger partial charge in [-0.05, 0) is 107 Å². The first-order valence-corrected chi connectivity index (χ1v) is 15.8. The first kappa shape index (κ1) is 29.8. The highest BCUT2D eigenvalue weighted by molar-refractivity contribution is 6.30. The Morgan fingerprint density at radius 3 is 2.74 bits per heavy atom. The van der Waals surface area contributed by atoms with E-state index in [9.17, 15) is 9.18 Å². The lowest BCUT2D eigenvalue weighted by atomic mass is 9.75. The van der Waals surface area contributed by atoms with Crippen molar-refractivity contribution in [2.75, 3.05) is 31.1 Å². The average Bonchev–Trinajstić information content (AvgIpc) is 3.48. The summed E-state index contributed by atoms with van der Waals surface area (Å²) in [5, 5.41) is 3.63. The van der Waals surface area contributed by atoms with Crippen LogP contribution in [0.4, 0.5) is 20.7 Å². The number of carbonyl (C=O) groups is 1. The number of anilines is 2. The largest absolute Gasteiger partial charge is 0.444 e. The first-order valence-electron chi connectivity index (χ1n) is 15.4. The van der Waals surface area contributed by atoms with Crippen molar-refractivity contribution in [1.82, 2.24) is 20.2 Å². The summed E-state index contributed by atoms with van der Waals surface area (Å²) >= 11 is 6.27. The van der Waals surface area contributed by atoms with Gasteiger partial charge in [0.15, 0.2) is 0 Å². The minimum Gasteiger partial charge on any atom is -0.444 e. The number of halogens is 2. The second-order valence-electron chi connectivity index (χ2n) is 13.4. The van der Waals surface area contributed by atoms with E-state index in [1.807, 2.05) is 39.0 Å². The lowest BCUT2D eigenvalue weighted by Crippen LogP contribution is -2.49. The van der Waals surface area contributed by atoms with Crippen molar-refractivity contribution in [3.05, 3.63) is 82.0 Å². The molecule has 0 saturated carbocycles. The molecule has 3 heterocycles. The Bertz CT molecular complexity index is 1490. The zero-order chi connectivity index (χ0) is 30.4. The van der Waals surface area contributed by atoms with Crippen LogP contribution in [0.2, 0.25) is 5.02 Å². The normalized spacial score (nSPS) is 22.4. The number of ether oxygens (including phenoxy) is 1. The molecule has 3 aromatic rings. The van der Waals surface area contributed by atoms with Crippen LogP contribution in [0, 0.1) is 5.82 Å². The van der Waals surface area contributed by atoms with Crippen molar-refractivity contribution >= 4 is 29.2 Å². The molecule has 3 unspecified atom stereocenters. The smallest absolute Gasteiger partial charge is 0.407 e. The standard InChI is InChI=1S/C34H41ClFN5O2/c1-22-6-12-27-30(22)31(39-21-38-27)41-20-34(26-18-25(36)11-13-29(26)41)15-5-17-40(19-34)28(23-7-9-24(35)10-8-23)14-16-37-32(42)43-33(2,3)4/h7-11,13,18,21-22,28H,5-6,12,14-17,19-20H2,1-4H3,(H,37,42). The van der Waals surface area contributed by atoms with Crippen LogP contribution in [-0.4, -0.2) is 52.7 Å². The number of piperidine rings is 1. The third-order valence-corrected chi connectivity index (χ3v) is 9.43. The van der Waals surface area contributed by atoms with Gasteiger partial charge in [-0.2, -0.15) is 0 Å². The second kappa shape index (κ2) is 11.7. The van der Waals surface area contributed by atoms with Crippen LogP contribution in [0.25, 0.3) is 0 Å². The van der Waals surface area contributed by atoms with Gasteiger partial charge in [0.05, 0.1) is 0 Å². The third-order valence-electron chi connectivity index (χ3n) is 9.18. The molecule has 3 atom stereocenters. The van der Waals surface area contributed by atoms with Gasteiger partial charge in [0.2, 0.25) is 0 Å². The van der Waals surface area contributed by atoms with Gasteiger partial charge in [-0.15, -0.1) is 0 Å². The number of alkyl carbamates (subject to hydrolysis) is 1. The van der Waals surface area contributed by atoms with Crippen LogP contribution in [0.1, 0.15) is 87.7 Å². The minimum absolute atomic E-state index is 0.0405. The number of fused-ring (bicyclic) bond motifs is 3. The number of benzene rings is 2. The van der Waals surface area contributed by atoms with E-state index in [1.54, 1.807) is 18.5 Å². The van der Waals surface area contributed by atoms with Crippen LogP contribution in [0.5, 0.6) is 0 Å². The fourth-order valence-electron chi connectivity index (χ4n) is 7.32. The molecular weight excluding hydrogens is 565 g/mol. The maximum Gasteiger partial charge on any atom is 0.407 e. The van der Waals surface area contributed by atoms with E-state index in [4.69, 9.17) is 21.3 Å². The quantitative estimate of drug-likeness (QED) is 0.314. The highest BCUT2D eigenvalue weighted by Crippen LogP contribution is 2.51. The van der Waals surface area contributed by atoms with E-state index in [-0.39, 0.29) is 17.3 Å². The summed E-state index contributed by atoms with van der Waals surface area (Å²) in [6, 6.07) is 13.3. The highest BCUT2D eigenvalue weighted by Gasteiger charge is 2.48. The number of aryl methyl sites for hydroxylation is 1. The van der Waals surface area contributed by atoms with Gasteiger partial charge >= 0.3 is 6.09 Å². The predicted molar refractivity (Wildman–Crippen MR) is 168 cm³/mol. The molecule has 0 bridgehead atoms. The number of hydrogen-bond acceptors (Lipinski definition) is 6. The number of hydrogen-bond donors (Lipinski definition) is 1. The number of carbonyl (C=O) groups excluding carboxylic acids is 1. The van der Waals surface area contributed by atoms with E-state index in [0.29, 0.717) is 23.9 Å². The SMILES string of the molecule is CC1CCc2ncnc(N3CC4(CCCN(C(CCNC(=O)OC(C)(C)C)c5ccc(Cl)cc5)C4)c4cc(F)ccc43)c21. The second-order valence-corrected chi connectivity index (χ2v) is 13.8. The molecule has 2 aromatic carbocycles. The Kier molecular flexibility index (Phi) is 8.11. The fourth-order valence-corrected chi connectivity index (χ4v) is 7.45. The Morgan fingerprint density at radius 1 is 1.19 bits per heavy atom. The maximum atomic E-state index is 14.9. The van der Waals surface area contributed by atoms with Crippen LogP contribution < -0.4 is 10.2 Å². The summed E-state index contributed by atoms with van der Waals surface area (Å²) in [7, 11) is 0. The summed E-state index contributed by atoms with van der Waals surface area (Å²) in [4.78, 5) is 26.7. The molecular formula is C34H41ClFN5O2. The molecule has 228 valence electrons. The number of likely N-dealkylation sites (tertiary alicyclic amines) is 1. The van der Waals surface area contributed by atoms with Gasteiger partial charge in [0.1, 0.15) is 23.6 Å². The zero-order valence-electron chi connectivity index (χ0n) is 25.5. The molecule has 1 fully saturated rings. The third kappa shape index (κ3) is 6.09. The predicted octanol–water partition coefficient (Wildman–Crippen LogP) is 7.46. The fraction of sp³-hybridized carbons (Fsp3) is 0.500. The summed E-state index contributed by atoms with van der Waals surface area (Å²) < 4.78 is 20.4. The lowest BCUT2D eigenvalue weighted by molar-refractivity contribution is 0.0514. The Balaban J connectivity index is 1.31. The van der Waals surface area contributed by atoms with Gasteiger partial charge in [0.25, 0.3) is 0 Å².